The van der Waals surface area contributed by atoms with Crippen LogP contribution in [0.15, 0.2) is 48.8 Å². The maximum atomic E-state index is 11.9. The highest BCUT2D eigenvalue weighted by Crippen LogP contribution is 2.16. The van der Waals surface area contributed by atoms with E-state index in [1.54, 1.807) is 19.5 Å². The quantitative estimate of drug-likeness (QED) is 0.660. The predicted octanol–water partition coefficient (Wildman–Crippen LogP) is 3.22. The van der Waals surface area contributed by atoms with Gasteiger partial charge in [0.2, 0.25) is 11.1 Å². The van der Waals surface area contributed by atoms with Crippen LogP contribution in [-0.2, 0) is 4.74 Å². The first-order valence-corrected chi connectivity index (χ1v) is 10.9. The molecule has 0 saturated carbocycles. The fourth-order valence-electron chi connectivity index (χ4n) is 3.30. The van der Waals surface area contributed by atoms with Gasteiger partial charge in [0, 0.05) is 45.7 Å². The molecule has 1 aliphatic heterocycles. The van der Waals surface area contributed by atoms with E-state index in [1.165, 1.54) is 17.3 Å². The van der Waals surface area contributed by atoms with Gasteiger partial charge < -0.3 is 9.64 Å². The lowest BCUT2D eigenvalue weighted by molar-refractivity contribution is 0.108. The zero-order valence-electron chi connectivity index (χ0n) is 17.0. The molecule has 6 nitrogen and oxygen atoms in total. The second kappa shape index (κ2) is 11.1. The number of ether oxygens (including phenoxy) is 1. The molecule has 154 valence electrons. The van der Waals surface area contributed by atoms with Crippen LogP contribution in [0.2, 0.25) is 0 Å². The fourth-order valence-corrected chi connectivity index (χ4v) is 3.83. The highest BCUT2D eigenvalue weighted by Gasteiger charge is 2.23. The molecule has 0 bridgehead atoms. The molecule has 1 unspecified atom stereocenters. The number of benzene rings is 1. The number of rotatable bonds is 8. The van der Waals surface area contributed by atoms with Crippen molar-refractivity contribution in [1.29, 1.82) is 0 Å². The van der Waals surface area contributed by atoms with Crippen LogP contribution in [0.4, 0.5) is 5.95 Å². The van der Waals surface area contributed by atoms with Gasteiger partial charge in [-0.15, -0.1) is 0 Å². The first kappa shape index (κ1) is 21.5. The van der Waals surface area contributed by atoms with Gasteiger partial charge >= 0.3 is 0 Å². The van der Waals surface area contributed by atoms with Crippen LogP contribution in [-0.4, -0.2) is 71.7 Å². The third kappa shape index (κ3) is 6.13. The second-order valence-electron chi connectivity index (χ2n) is 6.81. The number of hydrogen-bond donors (Lipinski definition) is 0. The Balaban J connectivity index is 1.58. The number of carbonyl (C=O) groups is 1. The van der Waals surface area contributed by atoms with Crippen LogP contribution < -0.4 is 4.90 Å². The normalized spacial score (nSPS) is 16.3. The lowest BCUT2D eigenvalue weighted by atomic mass is 10.1. The summed E-state index contributed by atoms with van der Waals surface area (Å²) in [6.45, 7) is 6.12. The number of thioether (sulfide) groups is 1. The van der Waals surface area contributed by atoms with Crippen molar-refractivity contribution in [3.05, 3.63) is 59.9 Å². The lowest BCUT2D eigenvalue weighted by Gasteiger charge is -2.38. The Labute approximate surface area is 177 Å². The number of hydrogen-bond acceptors (Lipinski definition) is 7. The number of anilines is 1. The first-order valence-electron chi connectivity index (χ1n) is 9.91. The maximum absolute atomic E-state index is 11.9. The van der Waals surface area contributed by atoms with E-state index in [-0.39, 0.29) is 11.2 Å². The van der Waals surface area contributed by atoms with Crippen LogP contribution in [0.25, 0.3) is 6.08 Å². The van der Waals surface area contributed by atoms with Crippen molar-refractivity contribution in [2.24, 2.45) is 0 Å². The van der Waals surface area contributed by atoms with Crippen molar-refractivity contribution in [3.63, 3.8) is 0 Å². The van der Waals surface area contributed by atoms with Gasteiger partial charge in [-0.05, 0) is 11.3 Å². The Kier molecular flexibility index (Phi) is 8.22. The number of aromatic nitrogens is 2. The molecule has 2 aromatic rings. The van der Waals surface area contributed by atoms with Crippen molar-refractivity contribution in [3.8, 4) is 0 Å². The molecule has 1 aliphatic rings. The average molecular weight is 413 g/mol. The van der Waals surface area contributed by atoms with Crippen LogP contribution in [0.1, 0.15) is 22.8 Å². The van der Waals surface area contributed by atoms with Gasteiger partial charge in [0.15, 0.2) is 0 Å². The highest BCUT2D eigenvalue weighted by atomic mass is 32.2. The van der Waals surface area contributed by atoms with Gasteiger partial charge in [0.1, 0.15) is 0 Å². The van der Waals surface area contributed by atoms with Gasteiger partial charge in [-0.3, -0.25) is 9.69 Å². The summed E-state index contributed by atoms with van der Waals surface area (Å²) in [5.74, 6) is 1.44. The summed E-state index contributed by atoms with van der Waals surface area (Å²) in [5, 5.41) is 0.0245. The van der Waals surface area contributed by atoms with Crippen molar-refractivity contribution < 1.29 is 9.53 Å². The van der Waals surface area contributed by atoms with E-state index in [1.807, 2.05) is 25.1 Å². The zero-order chi connectivity index (χ0) is 20.5. The molecule has 0 N–H and O–H groups in total. The summed E-state index contributed by atoms with van der Waals surface area (Å²) in [6.07, 6.45) is 7.64. The Morgan fingerprint density at radius 1 is 1.17 bits per heavy atom. The monoisotopic (exact) mass is 412 g/mol. The van der Waals surface area contributed by atoms with Crippen LogP contribution in [0.5, 0.6) is 0 Å². The molecule has 1 aromatic heterocycles. The van der Waals surface area contributed by atoms with Crippen molar-refractivity contribution in [1.82, 2.24) is 14.9 Å². The lowest BCUT2D eigenvalue weighted by Crippen LogP contribution is -2.51. The molecule has 0 spiro atoms. The molecule has 0 radical (unpaired) electrons. The summed E-state index contributed by atoms with van der Waals surface area (Å²) >= 11 is 1.28. The summed E-state index contributed by atoms with van der Waals surface area (Å²) in [4.78, 5) is 25.3. The van der Waals surface area contributed by atoms with Gasteiger partial charge in [0.05, 0.1) is 18.2 Å². The highest BCUT2D eigenvalue weighted by molar-refractivity contribution is 8.14. The van der Waals surface area contributed by atoms with Gasteiger partial charge in [-0.1, -0.05) is 61.2 Å². The van der Waals surface area contributed by atoms with Crippen LogP contribution >= 0.6 is 11.8 Å². The van der Waals surface area contributed by atoms with E-state index in [0.29, 0.717) is 18.1 Å². The van der Waals surface area contributed by atoms with Gasteiger partial charge in [-0.2, -0.15) is 0 Å². The molecule has 29 heavy (non-hydrogen) atoms. The first-order chi connectivity index (χ1) is 14.2. The van der Waals surface area contributed by atoms with E-state index in [9.17, 15) is 4.79 Å². The largest absolute Gasteiger partial charge is 0.383 e. The summed E-state index contributed by atoms with van der Waals surface area (Å²) in [5.41, 5.74) is 1.75. The molecule has 1 aromatic carbocycles. The summed E-state index contributed by atoms with van der Waals surface area (Å²) in [7, 11) is 1.74. The molecular weight excluding hydrogens is 384 g/mol. The van der Waals surface area contributed by atoms with Crippen molar-refractivity contribution >= 4 is 28.9 Å². The minimum Gasteiger partial charge on any atom is -0.383 e. The molecule has 1 saturated heterocycles. The molecule has 1 fully saturated rings. The van der Waals surface area contributed by atoms with Crippen molar-refractivity contribution in [2.45, 2.75) is 13.0 Å². The minimum absolute atomic E-state index is 0.0245. The Bertz CT molecular complexity index is 790. The standard InChI is InChI=1S/C22H28N4O2S/c1-3-29-21(27)19-15-23-22(24-16-19)26-13-11-25(12-14-26)20(17-28-2)10-9-18-7-5-4-6-8-18/h4-10,15-16,20H,3,11-14,17H2,1-2H3/b10-9+. The van der Waals surface area contributed by atoms with E-state index < -0.39 is 0 Å². The van der Waals surface area contributed by atoms with Gasteiger partial charge in [0.25, 0.3) is 0 Å². The molecule has 2 heterocycles. The number of piperazine rings is 1. The van der Waals surface area contributed by atoms with E-state index in [4.69, 9.17) is 4.74 Å². The van der Waals surface area contributed by atoms with Crippen LogP contribution in [0, 0.1) is 0 Å². The third-order valence-electron chi connectivity index (χ3n) is 4.86. The Morgan fingerprint density at radius 2 is 1.86 bits per heavy atom. The Hall–Kier alpha value is -2.22. The SMILES string of the molecule is CCSC(=O)c1cnc(N2CCN(C(/C=C/c3ccccc3)COC)CC2)nc1. The van der Waals surface area contributed by atoms with E-state index in [2.05, 4.69) is 44.1 Å². The molecular formula is C22H28N4O2S. The fraction of sp³-hybridized carbons (Fsp3) is 0.409. The zero-order valence-corrected chi connectivity index (χ0v) is 17.8. The molecule has 0 amide bonds. The third-order valence-corrected chi connectivity index (χ3v) is 5.65. The number of methoxy groups -OCH3 is 1. The molecule has 7 heteroatoms. The number of carbonyl (C=O) groups excluding carboxylic acids is 1. The van der Waals surface area contributed by atoms with E-state index >= 15 is 0 Å². The maximum Gasteiger partial charge on any atom is 0.225 e. The minimum atomic E-state index is 0.0245. The predicted molar refractivity (Wildman–Crippen MR) is 119 cm³/mol. The second-order valence-corrected chi connectivity index (χ2v) is 8.04. The van der Waals surface area contributed by atoms with Crippen LogP contribution in [0.3, 0.4) is 0 Å². The summed E-state index contributed by atoms with van der Waals surface area (Å²) < 4.78 is 5.45. The molecule has 1 atom stereocenters. The van der Waals surface area contributed by atoms with Gasteiger partial charge in [-0.25, -0.2) is 9.97 Å². The molecule has 0 aliphatic carbocycles. The van der Waals surface area contributed by atoms with Crippen molar-refractivity contribution in [2.75, 3.05) is 50.5 Å². The van der Waals surface area contributed by atoms with E-state index in [0.717, 1.165) is 31.9 Å². The number of nitrogens with zero attached hydrogens (tertiary/aromatic N) is 4. The summed E-state index contributed by atoms with van der Waals surface area (Å²) in [6, 6.07) is 10.5. The molecule has 3 rings (SSSR count). The smallest absolute Gasteiger partial charge is 0.225 e. The Morgan fingerprint density at radius 3 is 2.48 bits per heavy atom. The topological polar surface area (TPSA) is 58.6 Å². The average Bonchev–Trinajstić information content (AvgIpc) is 2.78.